The van der Waals surface area contributed by atoms with Crippen molar-refractivity contribution in [2.75, 3.05) is 6.54 Å². The van der Waals surface area contributed by atoms with E-state index >= 15 is 0 Å². The first-order chi connectivity index (χ1) is 5.07. The molecular weight excluding hydrogens is 166 g/mol. The van der Waals surface area contributed by atoms with Gasteiger partial charge in [0.1, 0.15) is 5.25 Å². The van der Waals surface area contributed by atoms with E-state index in [9.17, 15) is 4.79 Å². The van der Waals surface area contributed by atoms with Gasteiger partial charge in [0.15, 0.2) is 5.17 Å². The van der Waals surface area contributed by atoms with Crippen molar-refractivity contribution in [1.29, 1.82) is 5.41 Å². The molecule has 0 aliphatic heterocycles. The summed E-state index contributed by atoms with van der Waals surface area (Å²) in [5.74, 6) is -0.976. The van der Waals surface area contributed by atoms with Crippen LogP contribution in [0.5, 0.6) is 0 Å². The lowest BCUT2D eigenvalue weighted by atomic mass is 10.3. The number of hydrogen-bond acceptors (Lipinski definition) is 4. The summed E-state index contributed by atoms with van der Waals surface area (Å²) >= 11 is 0.814. The van der Waals surface area contributed by atoms with Gasteiger partial charge in [-0.2, -0.15) is 0 Å². The second-order valence-corrected chi connectivity index (χ2v) is 3.13. The molecule has 0 amide bonds. The van der Waals surface area contributed by atoms with Gasteiger partial charge < -0.3 is 16.6 Å². The van der Waals surface area contributed by atoms with E-state index < -0.39 is 11.2 Å². The first-order valence-electron chi connectivity index (χ1n) is 3.01. The molecule has 6 N–H and O–H groups in total. The molecule has 0 rings (SSSR count). The third-order valence-electron chi connectivity index (χ3n) is 0.974. The lowest BCUT2D eigenvalue weighted by Crippen LogP contribution is -2.23. The number of amidine groups is 1. The van der Waals surface area contributed by atoms with Crippen molar-refractivity contribution in [1.82, 2.24) is 0 Å². The Bertz CT molecular complexity index is 162. The lowest BCUT2D eigenvalue weighted by molar-refractivity contribution is -0.136. The minimum atomic E-state index is -0.976. The van der Waals surface area contributed by atoms with E-state index in [2.05, 4.69) is 0 Å². The molecule has 0 aliphatic rings. The molecule has 0 bridgehead atoms. The summed E-state index contributed by atoms with van der Waals surface area (Å²) in [6, 6.07) is 0. The molecular formula is C5H11N3O2S. The molecule has 0 spiro atoms. The summed E-state index contributed by atoms with van der Waals surface area (Å²) in [6.07, 6.45) is 0.333. The smallest absolute Gasteiger partial charge is 0.317 e. The average molecular weight is 177 g/mol. The molecule has 0 aromatic rings. The summed E-state index contributed by atoms with van der Waals surface area (Å²) in [4.78, 5) is 10.4. The van der Waals surface area contributed by atoms with Crippen molar-refractivity contribution in [3.05, 3.63) is 0 Å². The van der Waals surface area contributed by atoms with Gasteiger partial charge in [0.05, 0.1) is 0 Å². The second-order valence-electron chi connectivity index (χ2n) is 1.89. The standard InChI is InChI=1S/C5H11N3O2S/c6-2-1-3(4(9)10)11-5(7)8/h3H,1-2,6H2,(H3,7,8)(H,9,10). The zero-order valence-electron chi connectivity index (χ0n) is 5.91. The molecule has 0 radical (unpaired) electrons. The lowest BCUT2D eigenvalue weighted by Gasteiger charge is -2.07. The number of nitrogens with one attached hydrogen (secondary N) is 1. The Morgan fingerprint density at radius 3 is 2.55 bits per heavy atom. The molecule has 0 aromatic heterocycles. The van der Waals surface area contributed by atoms with Crippen LogP contribution in [0.25, 0.3) is 0 Å². The molecule has 11 heavy (non-hydrogen) atoms. The van der Waals surface area contributed by atoms with E-state index in [4.69, 9.17) is 22.0 Å². The number of rotatable bonds is 4. The highest BCUT2D eigenvalue weighted by Gasteiger charge is 2.17. The highest BCUT2D eigenvalue weighted by Crippen LogP contribution is 2.12. The third kappa shape index (κ3) is 4.63. The molecule has 1 unspecified atom stereocenters. The van der Waals surface area contributed by atoms with Gasteiger partial charge in [-0.3, -0.25) is 10.2 Å². The van der Waals surface area contributed by atoms with Crippen molar-refractivity contribution < 1.29 is 9.90 Å². The molecule has 0 aromatic carbocycles. The second kappa shape index (κ2) is 4.97. The maximum atomic E-state index is 10.4. The van der Waals surface area contributed by atoms with Crippen LogP contribution in [-0.2, 0) is 4.79 Å². The largest absolute Gasteiger partial charge is 0.480 e. The number of carboxylic acid groups (broad SMARTS) is 1. The number of carboxylic acids is 1. The van der Waals surface area contributed by atoms with Gasteiger partial charge in [-0.1, -0.05) is 11.8 Å². The van der Waals surface area contributed by atoms with Crippen LogP contribution in [0.15, 0.2) is 0 Å². The highest BCUT2D eigenvalue weighted by atomic mass is 32.2. The minimum Gasteiger partial charge on any atom is -0.480 e. The summed E-state index contributed by atoms with van der Waals surface area (Å²) in [5, 5.41) is 14.5. The summed E-state index contributed by atoms with van der Waals surface area (Å²) in [6.45, 7) is 0.289. The fraction of sp³-hybridized carbons (Fsp3) is 0.600. The van der Waals surface area contributed by atoms with Crippen LogP contribution < -0.4 is 11.5 Å². The van der Waals surface area contributed by atoms with Crippen molar-refractivity contribution in [3.8, 4) is 0 Å². The zero-order valence-corrected chi connectivity index (χ0v) is 6.73. The van der Waals surface area contributed by atoms with Crippen LogP contribution in [0.1, 0.15) is 6.42 Å². The van der Waals surface area contributed by atoms with Gasteiger partial charge in [0.25, 0.3) is 0 Å². The number of carbonyl (C=O) groups is 1. The van der Waals surface area contributed by atoms with Crippen LogP contribution in [-0.4, -0.2) is 28.0 Å². The Balaban J connectivity index is 3.89. The quantitative estimate of drug-likeness (QED) is 0.339. The molecule has 0 heterocycles. The van der Waals surface area contributed by atoms with Crippen molar-refractivity contribution >= 4 is 22.9 Å². The summed E-state index contributed by atoms with van der Waals surface area (Å²) < 4.78 is 0. The van der Waals surface area contributed by atoms with Crippen molar-refractivity contribution in [2.24, 2.45) is 11.5 Å². The number of aliphatic carboxylic acids is 1. The van der Waals surface area contributed by atoms with E-state index in [1.165, 1.54) is 0 Å². The normalized spacial score (nSPS) is 12.5. The molecule has 64 valence electrons. The van der Waals surface area contributed by atoms with Gasteiger partial charge >= 0.3 is 5.97 Å². The summed E-state index contributed by atoms with van der Waals surface area (Å²) in [7, 11) is 0. The fourth-order valence-corrected chi connectivity index (χ4v) is 1.20. The number of hydrogen-bond donors (Lipinski definition) is 4. The first-order valence-corrected chi connectivity index (χ1v) is 3.89. The van der Waals surface area contributed by atoms with Crippen molar-refractivity contribution in [3.63, 3.8) is 0 Å². The van der Waals surface area contributed by atoms with E-state index in [1.54, 1.807) is 0 Å². The van der Waals surface area contributed by atoms with Gasteiger partial charge in [-0.25, -0.2) is 0 Å². The van der Waals surface area contributed by atoms with Crippen LogP contribution in [0, 0.1) is 5.41 Å². The van der Waals surface area contributed by atoms with Crippen LogP contribution in [0.3, 0.4) is 0 Å². The molecule has 0 aliphatic carbocycles. The Hall–Kier alpha value is -0.750. The minimum absolute atomic E-state index is 0.189. The SMILES string of the molecule is N=C(N)SC(CCN)C(=O)O. The van der Waals surface area contributed by atoms with E-state index in [0.29, 0.717) is 6.42 Å². The number of thioether (sulfide) groups is 1. The summed E-state index contributed by atoms with van der Waals surface area (Å²) in [5.41, 5.74) is 10.2. The van der Waals surface area contributed by atoms with E-state index in [0.717, 1.165) is 11.8 Å². The van der Waals surface area contributed by atoms with Gasteiger partial charge in [0.2, 0.25) is 0 Å². The highest BCUT2D eigenvalue weighted by molar-refractivity contribution is 8.14. The first kappa shape index (κ1) is 10.2. The maximum absolute atomic E-state index is 10.4. The van der Waals surface area contributed by atoms with Crippen LogP contribution >= 0.6 is 11.8 Å². The fourth-order valence-electron chi connectivity index (χ4n) is 0.537. The molecule has 6 heteroatoms. The Morgan fingerprint density at radius 2 is 2.27 bits per heavy atom. The van der Waals surface area contributed by atoms with Gasteiger partial charge in [-0.15, -0.1) is 0 Å². The predicted molar refractivity (Wildman–Crippen MR) is 44.6 cm³/mol. The van der Waals surface area contributed by atoms with Gasteiger partial charge in [0, 0.05) is 0 Å². The van der Waals surface area contributed by atoms with Gasteiger partial charge in [-0.05, 0) is 13.0 Å². The van der Waals surface area contributed by atoms with Crippen LogP contribution in [0.2, 0.25) is 0 Å². The molecule has 0 saturated carbocycles. The molecule has 1 atom stereocenters. The average Bonchev–Trinajstić information content (AvgIpc) is 1.86. The van der Waals surface area contributed by atoms with E-state index in [1.807, 2.05) is 0 Å². The predicted octanol–water partition coefficient (Wildman–Crippen LogP) is -0.585. The molecule has 5 nitrogen and oxygen atoms in total. The molecule has 0 saturated heterocycles. The monoisotopic (exact) mass is 177 g/mol. The Kier molecular flexibility index (Phi) is 4.64. The topological polar surface area (TPSA) is 113 Å². The maximum Gasteiger partial charge on any atom is 0.317 e. The number of nitrogens with two attached hydrogens (primary N) is 2. The van der Waals surface area contributed by atoms with Crippen LogP contribution in [0.4, 0.5) is 0 Å². The zero-order chi connectivity index (χ0) is 8.85. The van der Waals surface area contributed by atoms with E-state index in [-0.39, 0.29) is 11.7 Å². The molecule has 0 fully saturated rings. The van der Waals surface area contributed by atoms with Crippen molar-refractivity contribution in [2.45, 2.75) is 11.7 Å². The third-order valence-corrected chi connectivity index (χ3v) is 1.95. The Morgan fingerprint density at radius 1 is 1.73 bits per heavy atom. The Labute approximate surface area is 68.6 Å².